The molecule has 2 nitrogen and oxygen atoms in total. The maximum atomic E-state index is 8.66. The first-order valence-corrected chi connectivity index (χ1v) is 7.63. The Labute approximate surface area is 121 Å². The molecule has 0 aliphatic carbocycles. The van der Waals surface area contributed by atoms with E-state index < -0.39 is 0 Å². The lowest BCUT2D eigenvalue weighted by molar-refractivity contribution is 0.350. The Morgan fingerprint density at radius 1 is 1.37 bits per heavy atom. The van der Waals surface area contributed by atoms with Crippen molar-refractivity contribution >= 4 is 23.1 Å². The number of thiophene rings is 1. The zero-order valence-corrected chi connectivity index (χ0v) is 12.2. The van der Waals surface area contributed by atoms with Gasteiger partial charge in [0.15, 0.2) is 0 Å². The second-order valence-corrected chi connectivity index (χ2v) is 5.71. The zero-order valence-electron chi connectivity index (χ0n) is 10.6. The Kier molecular flexibility index (Phi) is 5.34. The van der Waals surface area contributed by atoms with E-state index in [0.29, 0.717) is 0 Å². The lowest BCUT2D eigenvalue weighted by atomic mass is 10.3. The quantitative estimate of drug-likeness (QED) is 0.691. The van der Waals surface area contributed by atoms with E-state index in [0.717, 1.165) is 22.0 Å². The molecule has 2 aromatic rings. The predicted molar refractivity (Wildman–Crippen MR) is 80.8 cm³/mol. The van der Waals surface area contributed by atoms with Gasteiger partial charge < -0.3 is 9.84 Å². The molecule has 0 spiro atoms. The van der Waals surface area contributed by atoms with Crippen LogP contribution in [-0.4, -0.2) is 18.8 Å². The molecule has 0 saturated heterocycles. The molecule has 0 bridgehead atoms. The summed E-state index contributed by atoms with van der Waals surface area (Å²) in [6.07, 6.45) is 0. The highest BCUT2D eigenvalue weighted by molar-refractivity contribution is 7.98. The number of rotatable bonds is 4. The highest BCUT2D eigenvalue weighted by Crippen LogP contribution is 2.32. The van der Waals surface area contributed by atoms with E-state index in [4.69, 9.17) is 9.84 Å². The van der Waals surface area contributed by atoms with Crippen molar-refractivity contribution in [2.24, 2.45) is 0 Å². The van der Waals surface area contributed by atoms with Gasteiger partial charge in [-0.15, -0.1) is 23.1 Å². The SMILES string of the molecule is COc1ccccc1SCc1cc(C#CCO)cs1. The summed E-state index contributed by atoms with van der Waals surface area (Å²) in [5, 5.41) is 10.7. The molecule has 0 aliphatic heterocycles. The lowest BCUT2D eigenvalue weighted by Crippen LogP contribution is -1.85. The van der Waals surface area contributed by atoms with E-state index in [-0.39, 0.29) is 6.61 Å². The lowest BCUT2D eigenvalue weighted by Gasteiger charge is -2.06. The van der Waals surface area contributed by atoms with E-state index in [1.807, 2.05) is 23.6 Å². The molecule has 19 heavy (non-hydrogen) atoms. The third-order valence-corrected chi connectivity index (χ3v) is 4.63. The Balaban J connectivity index is 2.00. The molecule has 1 heterocycles. The predicted octanol–water partition coefficient (Wildman–Crippen LogP) is 3.39. The first-order valence-electron chi connectivity index (χ1n) is 5.76. The molecule has 2 rings (SSSR count). The van der Waals surface area contributed by atoms with Crippen molar-refractivity contribution in [2.45, 2.75) is 10.6 Å². The van der Waals surface area contributed by atoms with Crippen molar-refractivity contribution in [1.82, 2.24) is 0 Å². The average Bonchev–Trinajstić information content (AvgIpc) is 2.91. The monoisotopic (exact) mass is 290 g/mol. The highest BCUT2D eigenvalue weighted by atomic mass is 32.2. The summed E-state index contributed by atoms with van der Waals surface area (Å²) in [5.41, 5.74) is 0.967. The van der Waals surface area contributed by atoms with Crippen LogP contribution in [0.1, 0.15) is 10.4 Å². The van der Waals surface area contributed by atoms with Crippen LogP contribution in [-0.2, 0) is 5.75 Å². The van der Waals surface area contributed by atoms with E-state index in [1.165, 1.54) is 4.88 Å². The normalized spacial score (nSPS) is 9.79. The van der Waals surface area contributed by atoms with Crippen molar-refractivity contribution in [3.63, 3.8) is 0 Å². The fourth-order valence-corrected chi connectivity index (χ4v) is 3.45. The molecule has 4 heteroatoms. The highest BCUT2D eigenvalue weighted by Gasteiger charge is 2.04. The van der Waals surface area contributed by atoms with E-state index in [1.54, 1.807) is 30.2 Å². The van der Waals surface area contributed by atoms with E-state index >= 15 is 0 Å². The second kappa shape index (κ2) is 7.25. The van der Waals surface area contributed by atoms with Crippen molar-refractivity contribution in [3.05, 3.63) is 46.2 Å². The maximum absolute atomic E-state index is 8.66. The number of hydrogen-bond donors (Lipinski definition) is 1. The topological polar surface area (TPSA) is 29.5 Å². The standard InChI is InChI=1S/C15H14O2S2/c1-17-14-6-2-3-7-15(14)19-11-13-9-12(10-18-13)5-4-8-16/h2-3,6-7,9-10,16H,8,11H2,1H3. The van der Waals surface area contributed by atoms with Gasteiger partial charge in [-0.2, -0.15) is 0 Å². The van der Waals surface area contributed by atoms with Gasteiger partial charge in [-0.1, -0.05) is 24.0 Å². The summed E-state index contributed by atoms with van der Waals surface area (Å²) in [6.45, 7) is -0.0961. The Morgan fingerprint density at radius 2 is 2.21 bits per heavy atom. The third kappa shape index (κ3) is 4.03. The number of hydrogen-bond acceptors (Lipinski definition) is 4. The van der Waals surface area contributed by atoms with Crippen LogP contribution in [0.5, 0.6) is 5.75 Å². The molecule has 0 atom stereocenters. The summed E-state index contributed by atoms with van der Waals surface area (Å²) in [6, 6.07) is 10.1. The van der Waals surface area contributed by atoms with Gasteiger partial charge in [-0.25, -0.2) is 0 Å². The Bertz CT molecular complexity index is 593. The molecule has 1 aromatic carbocycles. The van der Waals surface area contributed by atoms with Gasteiger partial charge in [0.2, 0.25) is 0 Å². The van der Waals surface area contributed by atoms with Crippen LogP contribution in [0.25, 0.3) is 0 Å². The van der Waals surface area contributed by atoms with Gasteiger partial charge in [0.1, 0.15) is 12.4 Å². The summed E-state index contributed by atoms with van der Waals surface area (Å²) in [7, 11) is 1.69. The van der Waals surface area contributed by atoms with Gasteiger partial charge in [0, 0.05) is 26.5 Å². The molecule has 98 valence electrons. The molecular formula is C15H14O2S2. The summed E-state index contributed by atoms with van der Waals surface area (Å²) in [5.74, 6) is 7.37. The first-order chi connectivity index (χ1) is 9.33. The van der Waals surface area contributed by atoms with E-state index in [2.05, 4.69) is 24.0 Å². The zero-order chi connectivity index (χ0) is 13.5. The molecule has 1 aromatic heterocycles. The summed E-state index contributed by atoms with van der Waals surface area (Å²) in [4.78, 5) is 2.40. The number of aliphatic hydroxyl groups excluding tert-OH is 1. The molecule has 0 saturated carbocycles. The third-order valence-electron chi connectivity index (χ3n) is 2.40. The molecule has 0 unspecified atom stereocenters. The van der Waals surface area contributed by atoms with Crippen molar-refractivity contribution in [3.8, 4) is 17.6 Å². The molecular weight excluding hydrogens is 276 g/mol. The van der Waals surface area contributed by atoms with Gasteiger partial charge in [0.25, 0.3) is 0 Å². The first kappa shape index (κ1) is 14.0. The number of ether oxygens (including phenoxy) is 1. The largest absolute Gasteiger partial charge is 0.496 e. The van der Waals surface area contributed by atoms with Gasteiger partial charge in [0.05, 0.1) is 7.11 Å². The minimum absolute atomic E-state index is 0.0961. The van der Waals surface area contributed by atoms with Crippen LogP contribution in [0.3, 0.4) is 0 Å². The number of aliphatic hydroxyl groups is 1. The van der Waals surface area contributed by atoms with Crippen LogP contribution >= 0.6 is 23.1 Å². The number of para-hydroxylation sites is 1. The van der Waals surface area contributed by atoms with Gasteiger partial charge >= 0.3 is 0 Å². The van der Waals surface area contributed by atoms with Crippen LogP contribution in [0.2, 0.25) is 0 Å². The summed E-state index contributed by atoms with van der Waals surface area (Å²) < 4.78 is 5.32. The second-order valence-electron chi connectivity index (χ2n) is 3.70. The van der Waals surface area contributed by atoms with Crippen molar-refractivity contribution in [2.75, 3.05) is 13.7 Å². The van der Waals surface area contributed by atoms with Crippen molar-refractivity contribution < 1.29 is 9.84 Å². The van der Waals surface area contributed by atoms with Gasteiger partial charge in [-0.3, -0.25) is 0 Å². The fraction of sp³-hybridized carbons (Fsp3) is 0.200. The minimum Gasteiger partial charge on any atom is -0.496 e. The van der Waals surface area contributed by atoms with E-state index in [9.17, 15) is 0 Å². The van der Waals surface area contributed by atoms with Crippen LogP contribution in [0.4, 0.5) is 0 Å². The minimum atomic E-state index is -0.0961. The molecule has 0 fully saturated rings. The number of methoxy groups -OCH3 is 1. The Morgan fingerprint density at radius 3 is 3.00 bits per heavy atom. The maximum Gasteiger partial charge on any atom is 0.132 e. The molecule has 0 aliphatic rings. The van der Waals surface area contributed by atoms with Gasteiger partial charge in [-0.05, 0) is 18.2 Å². The molecule has 1 N–H and O–H groups in total. The van der Waals surface area contributed by atoms with Crippen LogP contribution in [0, 0.1) is 11.8 Å². The van der Waals surface area contributed by atoms with Crippen molar-refractivity contribution in [1.29, 1.82) is 0 Å². The van der Waals surface area contributed by atoms with Crippen LogP contribution < -0.4 is 4.74 Å². The smallest absolute Gasteiger partial charge is 0.132 e. The van der Waals surface area contributed by atoms with Crippen LogP contribution in [0.15, 0.2) is 40.6 Å². The molecule has 0 amide bonds. The fourth-order valence-electron chi connectivity index (χ4n) is 1.55. The molecule has 0 radical (unpaired) electrons. The average molecular weight is 290 g/mol. The Hall–Kier alpha value is -1.41. The number of thioether (sulfide) groups is 1. The summed E-state index contributed by atoms with van der Waals surface area (Å²) >= 11 is 3.44. The number of benzene rings is 1.